The highest BCUT2D eigenvalue weighted by atomic mass is 16.5. The number of nitrogens with zero attached hydrogens (tertiary/aromatic N) is 2. The quantitative estimate of drug-likeness (QED) is 0.595. The van der Waals surface area contributed by atoms with Gasteiger partial charge in [0.1, 0.15) is 11.5 Å². The van der Waals surface area contributed by atoms with Crippen molar-refractivity contribution in [2.45, 2.75) is 58.3 Å². The van der Waals surface area contributed by atoms with Gasteiger partial charge in [0.25, 0.3) is 0 Å². The van der Waals surface area contributed by atoms with Gasteiger partial charge in [0, 0.05) is 11.5 Å². The van der Waals surface area contributed by atoms with Crippen molar-refractivity contribution in [3.8, 4) is 11.5 Å². The minimum absolute atomic E-state index is 0.0593. The molecule has 0 spiro atoms. The van der Waals surface area contributed by atoms with Crippen LogP contribution in [0.3, 0.4) is 0 Å². The van der Waals surface area contributed by atoms with E-state index in [1.165, 1.54) is 11.1 Å². The zero-order chi connectivity index (χ0) is 23.8. The molecule has 6 nitrogen and oxygen atoms in total. The third-order valence-electron chi connectivity index (χ3n) is 8.70. The number of nitrogens with one attached hydrogen (secondary N) is 1. The molecule has 2 atom stereocenters. The van der Waals surface area contributed by atoms with E-state index in [0.717, 1.165) is 35.3 Å². The zero-order valence-corrected chi connectivity index (χ0v) is 20.4. The number of rotatable bonds is 4. The number of hydrogen-bond acceptors (Lipinski definition) is 5. The summed E-state index contributed by atoms with van der Waals surface area (Å²) in [6, 6.07) is 9.60. The number of anilines is 1. The smallest absolute Gasteiger partial charge is 0.237 e. The van der Waals surface area contributed by atoms with Gasteiger partial charge in [0.15, 0.2) is 0 Å². The minimum Gasteiger partial charge on any atom is -0.497 e. The van der Waals surface area contributed by atoms with Crippen LogP contribution in [0, 0.1) is 19.3 Å². The van der Waals surface area contributed by atoms with Crippen LogP contribution >= 0.6 is 0 Å². The van der Waals surface area contributed by atoms with E-state index in [-0.39, 0.29) is 16.7 Å². The second kappa shape index (κ2) is 6.92. The monoisotopic (exact) mass is 445 g/mol. The molecule has 2 aliphatic rings. The highest BCUT2D eigenvalue weighted by Gasteiger charge is 2.73. The summed E-state index contributed by atoms with van der Waals surface area (Å²) in [5, 5.41) is 3.17. The average Bonchev–Trinajstić information content (AvgIpc) is 3.08. The maximum atomic E-state index is 14.1. The fourth-order valence-electron chi connectivity index (χ4n) is 5.99. The van der Waals surface area contributed by atoms with Crippen LogP contribution in [0.25, 0.3) is 11.0 Å². The van der Waals surface area contributed by atoms with Gasteiger partial charge in [-0.2, -0.15) is 0 Å². The van der Waals surface area contributed by atoms with Gasteiger partial charge in [-0.25, -0.2) is 9.97 Å². The van der Waals surface area contributed by atoms with E-state index >= 15 is 0 Å². The van der Waals surface area contributed by atoms with Crippen LogP contribution in [0.4, 0.5) is 5.69 Å². The van der Waals surface area contributed by atoms with Crippen LogP contribution in [0.2, 0.25) is 0 Å². The van der Waals surface area contributed by atoms with E-state index < -0.39 is 5.41 Å². The Hall–Kier alpha value is -3.15. The Kier molecular flexibility index (Phi) is 4.55. The van der Waals surface area contributed by atoms with E-state index in [1.807, 2.05) is 12.1 Å². The van der Waals surface area contributed by atoms with Crippen molar-refractivity contribution in [3.05, 3.63) is 52.8 Å². The van der Waals surface area contributed by atoms with E-state index in [1.54, 1.807) is 20.3 Å². The van der Waals surface area contributed by atoms with Crippen molar-refractivity contribution < 1.29 is 14.3 Å². The molecular weight excluding hydrogens is 414 g/mol. The maximum Gasteiger partial charge on any atom is 0.237 e. The van der Waals surface area contributed by atoms with Crippen molar-refractivity contribution in [1.29, 1.82) is 0 Å². The van der Waals surface area contributed by atoms with Gasteiger partial charge in [-0.15, -0.1) is 0 Å². The largest absolute Gasteiger partial charge is 0.497 e. The van der Waals surface area contributed by atoms with Crippen molar-refractivity contribution >= 4 is 22.6 Å². The van der Waals surface area contributed by atoms with Crippen LogP contribution in [-0.4, -0.2) is 30.1 Å². The first kappa shape index (κ1) is 21.7. The number of carbonyl (C=O) groups excluding carboxylic acids is 1. The molecule has 172 valence electrons. The summed E-state index contributed by atoms with van der Waals surface area (Å²) >= 11 is 0. The Morgan fingerprint density at radius 2 is 1.55 bits per heavy atom. The number of methoxy groups -OCH3 is 2. The number of aromatic nitrogens is 2. The molecule has 1 N–H and O–H groups in total. The molecular formula is C27H31N3O3. The molecule has 1 saturated carbocycles. The van der Waals surface area contributed by atoms with Crippen molar-refractivity contribution in [1.82, 2.24) is 9.97 Å². The van der Waals surface area contributed by atoms with Gasteiger partial charge >= 0.3 is 0 Å². The number of ether oxygens (including phenoxy) is 2. The minimum atomic E-state index is -0.776. The Balaban J connectivity index is 1.67. The number of benzene rings is 2. The molecule has 2 unspecified atom stereocenters. The summed E-state index contributed by atoms with van der Waals surface area (Å²) in [6.45, 7) is 10.8. The molecule has 1 heterocycles. The number of aryl methyl sites for hydroxylation is 2. The van der Waals surface area contributed by atoms with Crippen LogP contribution < -0.4 is 14.8 Å². The Labute approximate surface area is 194 Å². The predicted molar refractivity (Wildman–Crippen MR) is 129 cm³/mol. The number of amides is 1. The van der Waals surface area contributed by atoms with Gasteiger partial charge in [-0.3, -0.25) is 4.79 Å². The fourth-order valence-corrected chi connectivity index (χ4v) is 5.99. The van der Waals surface area contributed by atoms with Gasteiger partial charge in [-0.1, -0.05) is 20.8 Å². The number of fused-ring (bicyclic) bond motifs is 6. The lowest BCUT2D eigenvalue weighted by molar-refractivity contribution is -0.125. The van der Waals surface area contributed by atoms with E-state index in [2.05, 4.69) is 52.1 Å². The number of hydrogen-bond donors (Lipinski definition) is 1. The normalized spacial score (nSPS) is 24.6. The molecule has 0 aliphatic heterocycles. The summed E-state index contributed by atoms with van der Waals surface area (Å²) < 4.78 is 10.8. The van der Waals surface area contributed by atoms with Gasteiger partial charge in [0.05, 0.1) is 47.7 Å². The lowest BCUT2D eigenvalue weighted by atomic mass is 9.63. The molecule has 0 radical (unpaired) electrons. The highest BCUT2D eigenvalue weighted by Crippen LogP contribution is 2.70. The third-order valence-corrected chi connectivity index (χ3v) is 8.70. The first-order chi connectivity index (χ1) is 15.6. The van der Waals surface area contributed by atoms with Crippen LogP contribution in [0.1, 0.15) is 56.1 Å². The Morgan fingerprint density at radius 3 is 2.15 bits per heavy atom. The Morgan fingerprint density at radius 1 is 0.909 bits per heavy atom. The molecule has 2 aromatic carbocycles. The second-order valence-corrected chi connectivity index (χ2v) is 10.2. The van der Waals surface area contributed by atoms with Gasteiger partial charge < -0.3 is 14.8 Å². The van der Waals surface area contributed by atoms with E-state index in [4.69, 9.17) is 19.4 Å². The molecule has 1 amide bonds. The molecule has 1 aromatic heterocycles. The maximum absolute atomic E-state index is 14.1. The summed E-state index contributed by atoms with van der Waals surface area (Å²) in [5.41, 5.74) is 5.16. The van der Waals surface area contributed by atoms with Crippen LogP contribution in [0.5, 0.6) is 11.5 Å². The highest BCUT2D eigenvalue weighted by molar-refractivity contribution is 6.03. The van der Waals surface area contributed by atoms with Crippen molar-refractivity contribution in [2.75, 3.05) is 19.5 Å². The Bertz CT molecular complexity index is 1320. The van der Waals surface area contributed by atoms with Crippen LogP contribution in [0.15, 0.2) is 30.3 Å². The molecule has 6 heteroatoms. The average molecular weight is 446 g/mol. The van der Waals surface area contributed by atoms with E-state index in [9.17, 15) is 4.79 Å². The lowest BCUT2D eigenvalue weighted by Crippen LogP contribution is -2.48. The van der Waals surface area contributed by atoms with E-state index in [0.29, 0.717) is 17.2 Å². The zero-order valence-electron chi connectivity index (χ0n) is 20.4. The molecule has 1 fully saturated rings. The molecule has 0 saturated heterocycles. The topological polar surface area (TPSA) is 73.3 Å². The fraction of sp³-hybridized carbons (Fsp3) is 0.444. The second-order valence-electron chi connectivity index (χ2n) is 10.2. The van der Waals surface area contributed by atoms with Gasteiger partial charge in [-0.05, 0) is 67.5 Å². The lowest BCUT2D eigenvalue weighted by Gasteiger charge is -2.39. The summed E-state index contributed by atoms with van der Waals surface area (Å²) in [6.07, 6.45) is 1.63. The summed E-state index contributed by atoms with van der Waals surface area (Å²) in [5.74, 6) is 1.17. The SMILES string of the molecule is COc1ccc(NC(=O)C23CCC(C)(c4nc5cc(C)c(C)cc5nc42)C3(C)C)c(OC)c1. The molecule has 2 aliphatic carbocycles. The molecule has 3 aromatic rings. The summed E-state index contributed by atoms with van der Waals surface area (Å²) in [7, 11) is 3.20. The third kappa shape index (κ3) is 2.63. The molecule has 33 heavy (non-hydrogen) atoms. The first-order valence-electron chi connectivity index (χ1n) is 11.4. The first-order valence-corrected chi connectivity index (χ1v) is 11.4. The van der Waals surface area contributed by atoms with Crippen molar-refractivity contribution in [3.63, 3.8) is 0 Å². The molecule has 5 rings (SSSR count). The predicted octanol–water partition coefficient (Wildman–Crippen LogP) is 5.23. The van der Waals surface area contributed by atoms with Crippen LogP contribution in [-0.2, 0) is 15.6 Å². The van der Waals surface area contributed by atoms with Crippen molar-refractivity contribution in [2.24, 2.45) is 5.41 Å². The van der Waals surface area contributed by atoms with Gasteiger partial charge in [0.2, 0.25) is 5.91 Å². The summed E-state index contributed by atoms with van der Waals surface area (Å²) in [4.78, 5) is 24.4. The molecule has 2 bridgehead atoms. The standard InChI is InChI=1S/C27H31N3O3/c1-15-12-19-20(13-16(15)2)29-23-22(28-19)26(5)10-11-27(23,25(26,3)4)24(31)30-18-9-8-17(32-6)14-21(18)33-7/h8-9,12-14H,10-11H2,1-7H3,(H,30,31). The number of carbonyl (C=O) groups is 1.